The summed E-state index contributed by atoms with van der Waals surface area (Å²) in [6.07, 6.45) is 0.962. The number of anilines is 1. The van der Waals surface area contributed by atoms with Crippen LogP contribution in [0.5, 0.6) is 0 Å². The Morgan fingerprint density at radius 1 is 1.38 bits per heavy atom. The van der Waals surface area contributed by atoms with Crippen molar-refractivity contribution >= 4 is 28.5 Å². The highest BCUT2D eigenvalue weighted by atomic mass is 32.1. The molecule has 116 valence electrons. The maximum Gasteiger partial charge on any atom is 0.410 e. The maximum atomic E-state index is 12.3. The van der Waals surface area contributed by atoms with E-state index in [-0.39, 0.29) is 5.91 Å². The van der Waals surface area contributed by atoms with Gasteiger partial charge in [-0.1, -0.05) is 11.3 Å². The summed E-state index contributed by atoms with van der Waals surface area (Å²) in [6.45, 7) is 7.76. The Hall–Kier alpha value is -1.70. The fourth-order valence-corrected chi connectivity index (χ4v) is 2.71. The summed E-state index contributed by atoms with van der Waals surface area (Å²) in [4.78, 5) is 25.9. The standard InChI is InChI=1S/C13H20N4O3S/c1-8-15-16-11(21-8)14-10(18)9-6-5-7-17(9)12(19)20-13(2,3)4/h9H,5-7H2,1-4H3,(H,14,16,18)/t9-/m0/s1. The van der Waals surface area contributed by atoms with E-state index in [0.717, 1.165) is 11.4 Å². The minimum Gasteiger partial charge on any atom is -0.444 e. The van der Waals surface area contributed by atoms with E-state index in [4.69, 9.17) is 4.74 Å². The second-order valence-corrected chi connectivity index (χ2v) is 7.13. The fourth-order valence-electron chi connectivity index (χ4n) is 2.11. The van der Waals surface area contributed by atoms with Crippen molar-refractivity contribution in [1.29, 1.82) is 0 Å². The Morgan fingerprint density at radius 2 is 2.10 bits per heavy atom. The molecule has 2 heterocycles. The molecule has 1 aromatic heterocycles. The van der Waals surface area contributed by atoms with Crippen LogP contribution in [-0.4, -0.2) is 45.3 Å². The predicted molar refractivity (Wildman–Crippen MR) is 79.2 cm³/mol. The van der Waals surface area contributed by atoms with Gasteiger partial charge in [-0.05, 0) is 40.5 Å². The average Bonchev–Trinajstić information content (AvgIpc) is 2.95. The summed E-state index contributed by atoms with van der Waals surface area (Å²) < 4.78 is 5.34. The first-order valence-corrected chi connectivity index (χ1v) is 7.68. The molecule has 1 aliphatic heterocycles. The molecule has 0 aliphatic carbocycles. The summed E-state index contributed by atoms with van der Waals surface area (Å²) in [5, 5.41) is 11.6. The first kappa shape index (κ1) is 15.7. The van der Waals surface area contributed by atoms with Crippen molar-refractivity contribution in [2.24, 2.45) is 0 Å². The number of nitrogens with one attached hydrogen (secondary N) is 1. The van der Waals surface area contributed by atoms with Crippen molar-refractivity contribution in [2.75, 3.05) is 11.9 Å². The lowest BCUT2D eigenvalue weighted by Gasteiger charge is -2.27. The molecular formula is C13H20N4O3S. The number of rotatable bonds is 2. The second-order valence-electron chi connectivity index (χ2n) is 5.95. The predicted octanol–water partition coefficient (Wildman–Crippen LogP) is 2.18. The molecule has 1 N–H and O–H groups in total. The normalized spacial score (nSPS) is 18.7. The Morgan fingerprint density at radius 3 is 2.67 bits per heavy atom. The van der Waals surface area contributed by atoms with Crippen molar-refractivity contribution in [3.63, 3.8) is 0 Å². The van der Waals surface area contributed by atoms with Gasteiger partial charge in [-0.2, -0.15) is 0 Å². The molecule has 0 aromatic carbocycles. The van der Waals surface area contributed by atoms with E-state index >= 15 is 0 Å². The van der Waals surface area contributed by atoms with Crippen molar-refractivity contribution in [3.05, 3.63) is 5.01 Å². The topological polar surface area (TPSA) is 84.4 Å². The number of amides is 2. The SMILES string of the molecule is Cc1nnc(NC(=O)[C@@H]2CCCN2C(=O)OC(C)(C)C)s1. The van der Waals surface area contributed by atoms with Crippen molar-refractivity contribution < 1.29 is 14.3 Å². The zero-order valence-corrected chi connectivity index (χ0v) is 13.5. The van der Waals surface area contributed by atoms with Crippen LogP contribution in [0.4, 0.5) is 9.93 Å². The number of aryl methyl sites for hydroxylation is 1. The molecule has 0 unspecified atom stereocenters. The van der Waals surface area contributed by atoms with Crippen molar-refractivity contribution in [2.45, 2.75) is 52.2 Å². The van der Waals surface area contributed by atoms with Gasteiger partial charge in [0.2, 0.25) is 11.0 Å². The summed E-state index contributed by atoms with van der Waals surface area (Å²) in [6, 6.07) is -0.510. The highest BCUT2D eigenvalue weighted by molar-refractivity contribution is 7.15. The third-order valence-corrected chi connectivity index (χ3v) is 3.69. The van der Waals surface area contributed by atoms with Crippen LogP contribution in [0.25, 0.3) is 0 Å². The van der Waals surface area contributed by atoms with Gasteiger partial charge < -0.3 is 4.74 Å². The largest absolute Gasteiger partial charge is 0.444 e. The van der Waals surface area contributed by atoms with E-state index in [1.165, 1.54) is 16.2 Å². The molecule has 2 amide bonds. The molecule has 0 spiro atoms. The monoisotopic (exact) mass is 312 g/mol. The van der Waals surface area contributed by atoms with Crippen LogP contribution >= 0.6 is 11.3 Å². The highest BCUT2D eigenvalue weighted by Crippen LogP contribution is 2.23. The third-order valence-electron chi connectivity index (χ3n) is 2.94. The molecule has 1 atom stereocenters. The van der Waals surface area contributed by atoms with Crippen LogP contribution in [-0.2, 0) is 9.53 Å². The number of carbonyl (C=O) groups excluding carboxylic acids is 2. The van der Waals surface area contributed by atoms with E-state index in [0.29, 0.717) is 18.1 Å². The number of hydrogen-bond acceptors (Lipinski definition) is 6. The smallest absolute Gasteiger partial charge is 0.410 e. The zero-order chi connectivity index (χ0) is 15.6. The van der Waals surface area contributed by atoms with Gasteiger partial charge in [0, 0.05) is 6.54 Å². The van der Waals surface area contributed by atoms with E-state index in [9.17, 15) is 9.59 Å². The van der Waals surface area contributed by atoms with Crippen LogP contribution in [0.3, 0.4) is 0 Å². The Balaban J connectivity index is 2.00. The average molecular weight is 312 g/mol. The van der Waals surface area contributed by atoms with Gasteiger partial charge in [0.25, 0.3) is 0 Å². The highest BCUT2D eigenvalue weighted by Gasteiger charge is 2.36. The van der Waals surface area contributed by atoms with Gasteiger partial charge in [0.1, 0.15) is 16.7 Å². The first-order valence-electron chi connectivity index (χ1n) is 6.87. The molecule has 7 nitrogen and oxygen atoms in total. The van der Waals surface area contributed by atoms with E-state index < -0.39 is 17.7 Å². The molecule has 0 saturated carbocycles. The molecule has 2 rings (SSSR count). The van der Waals surface area contributed by atoms with Crippen LogP contribution < -0.4 is 5.32 Å². The van der Waals surface area contributed by atoms with Crippen LogP contribution in [0.1, 0.15) is 38.6 Å². The quantitative estimate of drug-likeness (QED) is 0.905. The molecule has 1 aliphatic rings. The Bertz CT molecular complexity index is 538. The lowest BCUT2D eigenvalue weighted by molar-refractivity contribution is -0.120. The van der Waals surface area contributed by atoms with Gasteiger partial charge in [-0.3, -0.25) is 15.0 Å². The molecule has 0 radical (unpaired) electrons. The van der Waals surface area contributed by atoms with Gasteiger partial charge in [0.15, 0.2) is 0 Å². The first-order chi connectivity index (χ1) is 9.76. The van der Waals surface area contributed by atoms with Crippen molar-refractivity contribution in [1.82, 2.24) is 15.1 Å². The minimum atomic E-state index is -0.572. The number of nitrogens with zero attached hydrogens (tertiary/aromatic N) is 3. The number of carbonyl (C=O) groups is 2. The number of likely N-dealkylation sites (tertiary alicyclic amines) is 1. The van der Waals surface area contributed by atoms with Crippen LogP contribution in [0.15, 0.2) is 0 Å². The lowest BCUT2D eigenvalue weighted by Crippen LogP contribution is -2.45. The molecular weight excluding hydrogens is 292 g/mol. The zero-order valence-electron chi connectivity index (χ0n) is 12.7. The fraction of sp³-hybridized carbons (Fsp3) is 0.692. The Kier molecular flexibility index (Phi) is 4.46. The van der Waals surface area contributed by atoms with Gasteiger partial charge >= 0.3 is 6.09 Å². The van der Waals surface area contributed by atoms with Crippen molar-refractivity contribution in [3.8, 4) is 0 Å². The number of aromatic nitrogens is 2. The number of ether oxygens (including phenoxy) is 1. The van der Waals surface area contributed by atoms with E-state index in [1.807, 2.05) is 6.92 Å². The second kappa shape index (κ2) is 5.97. The molecule has 21 heavy (non-hydrogen) atoms. The summed E-state index contributed by atoms with van der Waals surface area (Å²) >= 11 is 1.31. The minimum absolute atomic E-state index is 0.241. The van der Waals surface area contributed by atoms with E-state index in [2.05, 4.69) is 15.5 Å². The number of hydrogen-bond donors (Lipinski definition) is 1. The van der Waals surface area contributed by atoms with Crippen LogP contribution in [0.2, 0.25) is 0 Å². The molecule has 8 heteroatoms. The summed E-state index contributed by atoms with van der Waals surface area (Å²) in [5.74, 6) is -0.241. The summed E-state index contributed by atoms with van der Waals surface area (Å²) in [5.41, 5.74) is -0.572. The molecule has 0 bridgehead atoms. The molecule has 1 fully saturated rings. The molecule has 1 aromatic rings. The summed E-state index contributed by atoms with van der Waals surface area (Å²) in [7, 11) is 0. The van der Waals surface area contributed by atoms with Gasteiger partial charge in [-0.25, -0.2) is 4.79 Å². The maximum absolute atomic E-state index is 12.3. The molecule has 1 saturated heterocycles. The van der Waals surface area contributed by atoms with E-state index in [1.54, 1.807) is 20.8 Å². The van der Waals surface area contributed by atoms with Crippen LogP contribution in [0, 0.1) is 6.92 Å². The third kappa shape index (κ3) is 4.13. The van der Waals surface area contributed by atoms with Gasteiger partial charge in [0.05, 0.1) is 0 Å². The lowest BCUT2D eigenvalue weighted by atomic mass is 10.2. The van der Waals surface area contributed by atoms with Gasteiger partial charge in [-0.15, -0.1) is 10.2 Å². The Labute approximate surface area is 127 Å².